The van der Waals surface area contributed by atoms with Crippen molar-refractivity contribution in [1.82, 2.24) is 10.2 Å². The maximum absolute atomic E-state index is 3.63. The van der Waals surface area contributed by atoms with Crippen molar-refractivity contribution in [2.45, 2.75) is 38.8 Å². The maximum Gasteiger partial charge on any atom is 0.0234 e. The lowest BCUT2D eigenvalue weighted by Gasteiger charge is -2.33. The Balaban J connectivity index is 1.81. The van der Waals surface area contributed by atoms with Crippen molar-refractivity contribution < 1.29 is 0 Å². The number of piperazine rings is 1. The predicted octanol–water partition coefficient (Wildman–Crippen LogP) is 2.65. The molecule has 1 atom stereocenters. The van der Waals surface area contributed by atoms with Gasteiger partial charge < -0.3 is 5.32 Å². The zero-order valence-corrected chi connectivity index (χ0v) is 10.9. The van der Waals surface area contributed by atoms with Gasteiger partial charge in [0.1, 0.15) is 0 Å². The predicted molar refractivity (Wildman–Crippen MR) is 73.0 cm³/mol. The topological polar surface area (TPSA) is 15.3 Å². The number of rotatable bonds is 5. The Morgan fingerprint density at radius 2 is 2.12 bits per heavy atom. The lowest BCUT2D eigenvalue weighted by atomic mass is 10.1. The largest absolute Gasteiger partial charge is 0.311 e. The van der Waals surface area contributed by atoms with Gasteiger partial charge in [0.25, 0.3) is 0 Å². The van der Waals surface area contributed by atoms with Gasteiger partial charge in [0.2, 0.25) is 0 Å². The standard InChI is InChI=1S/C15H24N2/c1-2-3-9-15-13-17(11-10-16-15)12-14-7-5-4-6-8-14/h4-8,15-16H,2-3,9-13H2,1H3/t15-/m0/s1. The summed E-state index contributed by atoms with van der Waals surface area (Å²) in [6.07, 6.45) is 3.97. The summed E-state index contributed by atoms with van der Waals surface area (Å²) >= 11 is 0. The number of benzene rings is 1. The summed E-state index contributed by atoms with van der Waals surface area (Å²) in [5.74, 6) is 0. The van der Waals surface area contributed by atoms with Gasteiger partial charge >= 0.3 is 0 Å². The first-order chi connectivity index (χ1) is 8.38. The minimum absolute atomic E-state index is 0.701. The van der Waals surface area contributed by atoms with Gasteiger partial charge in [-0.25, -0.2) is 0 Å². The molecule has 2 heteroatoms. The van der Waals surface area contributed by atoms with Gasteiger partial charge in [-0.2, -0.15) is 0 Å². The fourth-order valence-corrected chi connectivity index (χ4v) is 2.52. The Kier molecular flexibility index (Phi) is 5.02. The first-order valence-corrected chi connectivity index (χ1v) is 6.88. The molecule has 1 aromatic rings. The smallest absolute Gasteiger partial charge is 0.0234 e. The molecule has 0 bridgehead atoms. The van der Waals surface area contributed by atoms with Gasteiger partial charge in [-0.1, -0.05) is 50.1 Å². The van der Waals surface area contributed by atoms with Crippen LogP contribution in [0.1, 0.15) is 31.7 Å². The summed E-state index contributed by atoms with van der Waals surface area (Å²) in [5, 5.41) is 3.63. The third kappa shape index (κ3) is 4.14. The summed E-state index contributed by atoms with van der Waals surface area (Å²) in [6, 6.07) is 11.5. The van der Waals surface area contributed by atoms with Crippen LogP contribution in [0.3, 0.4) is 0 Å². The molecular formula is C15H24N2. The van der Waals surface area contributed by atoms with Gasteiger partial charge in [0.15, 0.2) is 0 Å². The zero-order valence-electron chi connectivity index (χ0n) is 10.9. The van der Waals surface area contributed by atoms with Gasteiger partial charge in [-0.3, -0.25) is 4.90 Å². The molecule has 2 rings (SSSR count). The first-order valence-electron chi connectivity index (χ1n) is 6.88. The van der Waals surface area contributed by atoms with E-state index in [1.807, 2.05) is 0 Å². The molecule has 1 N–H and O–H groups in total. The second-order valence-electron chi connectivity index (χ2n) is 5.01. The van der Waals surface area contributed by atoms with Crippen molar-refractivity contribution in [3.63, 3.8) is 0 Å². The Bertz CT molecular complexity index is 310. The molecule has 94 valence electrons. The van der Waals surface area contributed by atoms with Crippen LogP contribution in [0.5, 0.6) is 0 Å². The van der Waals surface area contributed by atoms with E-state index in [2.05, 4.69) is 47.5 Å². The molecule has 0 amide bonds. The molecule has 0 radical (unpaired) electrons. The van der Waals surface area contributed by atoms with Crippen molar-refractivity contribution in [1.29, 1.82) is 0 Å². The van der Waals surface area contributed by atoms with Crippen molar-refractivity contribution in [2.24, 2.45) is 0 Å². The summed E-state index contributed by atoms with van der Waals surface area (Å²) in [7, 11) is 0. The molecule has 0 spiro atoms. The molecular weight excluding hydrogens is 208 g/mol. The average molecular weight is 232 g/mol. The number of hydrogen-bond acceptors (Lipinski definition) is 2. The maximum atomic E-state index is 3.63. The molecule has 0 aromatic heterocycles. The van der Waals surface area contributed by atoms with Crippen LogP contribution in [0.15, 0.2) is 30.3 Å². The van der Waals surface area contributed by atoms with E-state index < -0.39 is 0 Å². The molecule has 2 nitrogen and oxygen atoms in total. The Hall–Kier alpha value is -0.860. The van der Waals surface area contributed by atoms with Crippen LogP contribution in [0, 0.1) is 0 Å². The van der Waals surface area contributed by atoms with Gasteiger partial charge in [0, 0.05) is 32.2 Å². The highest BCUT2D eigenvalue weighted by Crippen LogP contribution is 2.10. The molecule has 1 saturated heterocycles. The van der Waals surface area contributed by atoms with Crippen molar-refractivity contribution >= 4 is 0 Å². The Labute approximate surface area is 105 Å². The molecule has 1 aliphatic rings. The number of hydrogen-bond donors (Lipinski definition) is 1. The van der Waals surface area contributed by atoms with Crippen molar-refractivity contribution in [3.8, 4) is 0 Å². The number of nitrogens with zero attached hydrogens (tertiary/aromatic N) is 1. The minimum Gasteiger partial charge on any atom is -0.311 e. The van der Waals surface area contributed by atoms with E-state index in [-0.39, 0.29) is 0 Å². The van der Waals surface area contributed by atoms with E-state index in [1.165, 1.54) is 37.9 Å². The highest BCUT2D eigenvalue weighted by atomic mass is 15.2. The summed E-state index contributed by atoms with van der Waals surface area (Å²) in [6.45, 7) is 6.89. The highest BCUT2D eigenvalue weighted by molar-refractivity contribution is 5.14. The van der Waals surface area contributed by atoms with Crippen LogP contribution < -0.4 is 5.32 Å². The highest BCUT2D eigenvalue weighted by Gasteiger charge is 2.18. The van der Waals surface area contributed by atoms with Crippen LogP contribution in [0.25, 0.3) is 0 Å². The zero-order chi connectivity index (χ0) is 11.9. The molecule has 0 unspecified atom stereocenters. The van der Waals surface area contributed by atoms with Gasteiger partial charge in [-0.05, 0) is 12.0 Å². The lowest BCUT2D eigenvalue weighted by molar-refractivity contribution is 0.186. The average Bonchev–Trinajstić information content (AvgIpc) is 2.38. The Morgan fingerprint density at radius 3 is 2.88 bits per heavy atom. The minimum atomic E-state index is 0.701. The lowest BCUT2D eigenvalue weighted by Crippen LogP contribution is -2.50. The van der Waals surface area contributed by atoms with Crippen molar-refractivity contribution in [2.75, 3.05) is 19.6 Å². The van der Waals surface area contributed by atoms with E-state index in [4.69, 9.17) is 0 Å². The fraction of sp³-hybridized carbons (Fsp3) is 0.600. The van der Waals surface area contributed by atoms with Crippen LogP contribution in [-0.2, 0) is 6.54 Å². The van der Waals surface area contributed by atoms with E-state index in [0.29, 0.717) is 6.04 Å². The second-order valence-corrected chi connectivity index (χ2v) is 5.01. The van der Waals surface area contributed by atoms with E-state index in [0.717, 1.165) is 13.1 Å². The monoisotopic (exact) mass is 232 g/mol. The molecule has 1 heterocycles. The Morgan fingerprint density at radius 1 is 1.29 bits per heavy atom. The molecule has 1 aliphatic heterocycles. The summed E-state index contributed by atoms with van der Waals surface area (Å²) in [4.78, 5) is 2.58. The summed E-state index contributed by atoms with van der Waals surface area (Å²) in [5.41, 5.74) is 1.43. The normalized spacial score (nSPS) is 21.6. The third-order valence-electron chi connectivity index (χ3n) is 3.49. The quantitative estimate of drug-likeness (QED) is 0.839. The molecule has 1 aromatic carbocycles. The summed E-state index contributed by atoms with van der Waals surface area (Å²) < 4.78 is 0. The van der Waals surface area contributed by atoms with Crippen LogP contribution in [-0.4, -0.2) is 30.6 Å². The van der Waals surface area contributed by atoms with Crippen LogP contribution in [0.4, 0.5) is 0 Å². The number of unbranched alkanes of at least 4 members (excludes halogenated alkanes) is 1. The fourth-order valence-electron chi connectivity index (χ4n) is 2.52. The molecule has 17 heavy (non-hydrogen) atoms. The van der Waals surface area contributed by atoms with Crippen molar-refractivity contribution in [3.05, 3.63) is 35.9 Å². The van der Waals surface area contributed by atoms with Crippen LogP contribution >= 0.6 is 0 Å². The van der Waals surface area contributed by atoms with Gasteiger partial charge in [-0.15, -0.1) is 0 Å². The first kappa shape index (κ1) is 12.6. The van der Waals surface area contributed by atoms with E-state index in [1.54, 1.807) is 0 Å². The van der Waals surface area contributed by atoms with E-state index >= 15 is 0 Å². The molecule has 0 aliphatic carbocycles. The second kappa shape index (κ2) is 6.77. The van der Waals surface area contributed by atoms with Gasteiger partial charge in [0.05, 0.1) is 0 Å². The van der Waals surface area contributed by atoms with E-state index in [9.17, 15) is 0 Å². The molecule has 0 saturated carbocycles. The number of nitrogens with one attached hydrogen (secondary N) is 1. The SMILES string of the molecule is CCCC[C@H]1CN(Cc2ccccc2)CCN1. The third-order valence-corrected chi connectivity index (χ3v) is 3.49. The molecule has 1 fully saturated rings. The van der Waals surface area contributed by atoms with Crippen LogP contribution in [0.2, 0.25) is 0 Å².